The van der Waals surface area contributed by atoms with Crippen LogP contribution in [0.15, 0.2) is 23.1 Å². The smallest absolute Gasteiger partial charge is 0.243 e. The Bertz CT molecular complexity index is 596. The number of nitrogens with one attached hydrogen (secondary N) is 1. The highest BCUT2D eigenvalue weighted by molar-refractivity contribution is 7.89. The summed E-state index contributed by atoms with van der Waals surface area (Å²) in [6.45, 7) is 4.59. The molecule has 1 N–H and O–H groups in total. The van der Waals surface area contributed by atoms with E-state index in [1.807, 2.05) is 13.8 Å². The van der Waals surface area contributed by atoms with E-state index in [0.29, 0.717) is 18.7 Å². The van der Waals surface area contributed by atoms with Crippen molar-refractivity contribution in [3.8, 4) is 0 Å². The van der Waals surface area contributed by atoms with E-state index in [9.17, 15) is 12.8 Å². The van der Waals surface area contributed by atoms with Gasteiger partial charge in [-0.25, -0.2) is 12.8 Å². The Balaban J connectivity index is 2.33. The standard InChI is InChI=1S/C14H21FN2O3S/c1-10-8-17(9-11(2)20-10)21(18,19)13-4-5-14(15)12(6-13)7-16-3/h4-6,10-11,16H,7-9H2,1-3H3/t10-,11+. The topological polar surface area (TPSA) is 58.6 Å². The average molecular weight is 316 g/mol. The molecule has 1 fully saturated rings. The summed E-state index contributed by atoms with van der Waals surface area (Å²) in [5.74, 6) is -0.410. The lowest BCUT2D eigenvalue weighted by Crippen LogP contribution is -2.48. The molecule has 0 amide bonds. The van der Waals surface area contributed by atoms with Crippen LogP contribution in [0, 0.1) is 5.82 Å². The van der Waals surface area contributed by atoms with Crippen LogP contribution < -0.4 is 5.32 Å². The van der Waals surface area contributed by atoms with Crippen molar-refractivity contribution in [3.63, 3.8) is 0 Å². The van der Waals surface area contributed by atoms with Gasteiger partial charge in [0.25, 0.3) is 0 Å². The summed E-state index contributed by atoms with van der Waals surface area (Å²) in [5.41, 5.74) is 0.341. The fourth-order valence-corrected chi connectivity index (χ4v) is 4.16. The highest BCUT2D eigenvalue weighted by Gasteiger charge is 2.32. The summed E-state index contributed by atoms with van der Waals surface area (Å²) >= 11 is 0. The van der Waals surface area contributed by atoms with E-state index >= 15 is 0 Å². The Kier molecular flexibility index (Phi) is 4.98. The van der Waals surface area contributed by atoms with Crippen molar-refractivity contribution in [2.75, 3.05) is 20.1 Å². The minimum atomic E-state index is -3.63. The highest BCUT2D eigenvalue weighted by Crippen LogP contribution is 2.23. The summed E-state index contributed by atoms with van der Waals surface area (Å²) in [5, 5.41) is 2.83. The predicted octanol–water partition coefficient (Wildman–Crippen LogP) is 1.34. The number of halogens is 1. The van der Waals surface area contributed by atoms with Crippen molar-refractivity contribution in [1.29, 1.82) is 0 Å². The van der Waals surface area contributed by atoms with Gasteiger partial charge in [0.2, 0.25) is 10.0 Å². The fraction of sp³-hybridized carbons (Fsp3) is 0.571. The SMILES string of the molecule is CNCc1cc(S(=O)(=O)N2C[C@@H](C)O[C@@H](C)C2)ccc1F. The largest absolute Gasteiger partial charge is 0.373 e. The van der Waals surface area contributed by atoms with Crippen LogP contribution in [0.4, 0.5) is 4.39 Å². The lowest BCUT2D eigenvalue weighted by molar-refractivity contribution is -0.0440. The molecule has 1 aliphatic rings. The van der Waals surface area contributed by atoms with Crippen molar-refractivity contribution in [3.05, 3.63) is 29.6 Å². The van der Waals surface area contributed by atoms with Gasteiger partial charge in [0.05, 0.1) is 17.1 Å². The number of sulfonamides is 1. The number of benzene rings is 1. The Hall–Kier alpha value is -1.02. The van der Waals surface area contributed by atoms with E-state index in [-0.39, 0.29) is 23.6 Å². The third-order valence-electron chi connectivity index (χ3n) is 3.41. The summed E-state index contributed by atoms with van der Waals surface area (Å²) < 4.78 is 45.9. The number of ether oxygens (including phenoxy) is 1. The minimum absolute atomic E-state index is 0.121. The van der Waals surface area contributed by atoms with Crippen molar-refractivity contribution in [1.82, 2.24) is 9.62 Å². The molecular weight excluding hydrogens is 295 g/mol. The van der Waals surface area contributed by atoms with Gasteiger partial charge >= 0.3 is 0 Å². The van der Waals surface area contributed by atoms with Crippen LogP contribution in [0.1, 0.15) is 19.4 Å². The lowest BCUT2D eigenvalue weighted by Gasteiger charge is -2.34. The van der Waals surface area contributed by atoms with Crippen LogP contribution in [-0.4, -0.2) is 45.1 Å². The lowest BCUT2D eigenvalue weighted by atomic mass is 10.2. The minimum Gasteiger partial charge on any atom is -0.373 e. The Morgan fingerprint density at radius 2 is 1.95 bits per heavy atom. The number of hydrogen-bond acceptors (Lipinski definition) is 4. The summed E-state index contributed by atoms with van der Waals surface area (Å²) in [4.78, 5) is 0.121. The van der Waals surface area contributed by atoms with E-state index in [2.05, 4.69) is 5.32 Å². The molecule has 0 saturated carbocycles. The molecule has 1 saturated heterocycles. The number of morpholine rings is 1. The molecule has 21 heavy (non-hydrogen) atoms. The Morgan fingerprint density at radius 1 is 1.33 bits per heavy atom. The molecule has 118 valence electrons. The zero-order chi connectivity index (χ0) is 15.6. The first kappa shape index (κ1) is 16.4. The molecule has 0 spiro atoms. The first-order valence-corrected chi connectivity index (χ1v) is 8.37. The van der Waals surface area contributed by atoms with Gasteiger partial charge in [-0.2, -0.15) is 4.31 Å². The highest BCUT2D eigenvalue weighted by atomic mass is 32.2. The van der Waals surface area contributed by atoms with Crippen molar-refractivity contribution < 1.29 is 17.5 Å². The fourth-order valence-electron chi connectivity index (χ4n) is 2.51. The van der Waals surface area contributed by atoms with Gasteiger partial charge < -0.3 is 10.1 Å². The van der Waals surface area contributed by atoms with E-state index in [0.717, 1.165) is 0 Å². The average Bonchev–Trinajstić information content (AvgIpc) is 2.40. The van der Waals surface area contributed by atoms with Crippen molar-refractivity contribution in [2.24, 2.45) is 0 Å². The molecular formula is C14H21FN2O3S. The molecule has 0 aliphatic carbocycles. The van der Waals surface area contributed by atoms with Gasteiger partial charge in [-0.1, -0.05) is 0 Å². The second kappa shape index (κ2) is 6.39. The second-order valence-corrected chi connectivity index (χ2v) is 7.30. The van der Waals surface area contributed by atoms with Crippen LogP contribution >= 0.6 is 0 Å². The molecule has 0 bridgehead atoms. The van der Waals surface area contributed by atoms with Crippen LogP contribution in [0.3, 0.4) is 0 Å². The van der Waals surface area contributed by atoms with Crippen LogP contribution in [0.5, 0.6) is 0 Å². The molecule has 1 aliphatic heterocycles. The second-order valence-electron chi connectivity index (χ2n) is 5.36. The number of hydrogen-bond donors (Lipinski definition) is 1. The van der Waals surface area contributed by atoms with Gasteiger partial charge in [-0.05, 0) is 39.1 Å². The van der Waals surface area contributed by atoms with Crippen molar-refractivity contribution >= 4 is 10.0 Å². The third-order valence-corrected chi connectivity index (χ3v) is 5.24. The molecule has 7 heteroatoms. The van der Waals surface area contributed by atoms with Crippen LogP contribution in [0.2, 0.25) is 0 Å². The molecule has 1 aromatic rings. The van der Waals surface area contributed by atoms with Crippen LogP contribution in [-0.2, 0) is 21.3 Å². The van der Waals surface area contributed by atoms with Gasteiger partial charge in [-0.15, -0.1) is 0 Å². The monoisotopic (exact) mass is 316 g/mol. The summed E-state index contributed by atoms with van der Waals surface area (Å²) in [6.07, 6.45) is -0.304. The van der Waals surface area contributed by atoms with E-state index in [4.69, 9.17) is 4.74 Å². The quantitative estimate of drug-likeness (QED) is 0.911. The Morgan fingerprint density at radius 3 is 2.52 bits per heavy atom. The van der Waals surface area contributed by atoms with E-state index in [1.54, 1.807) is 7.05 Å². The van der Waals surface area contributed by atoms with Gasteiger partial charge in [0.15, 0.2) is 0 Å². The molecule has 1 aromatic carbocycles. The summed E-state index contributed by atoms with van der Waals surface area (Å²) in [6, 6.07) is 3.91. The van der Waals surface area contributed by atoms with Gasteiger partial charge in [-0.3, -0.25) is 0 Å². The Labute approximate surface area is 125 Å². The van der Waals surface area contributed by atoms with E-state index in [1.165, 1.54) is 22.5 Å². The first-order chi connectivity index (χ1) is 9.84. The predicted molar refractivity (Wildman–Crippen MR) is 77.9 cm³/mol. The van der Waals surface area contributed by atoms with Crippen molar-refractivity contribution in [2.45, 2.75) is 37.5 Å². The molecule has 1 heterocycles. The third kappa shape index (κ3) is 3.60. The molecule has 0 unspecified atom stereocenters. The van der Waals surface area contributed by atoms with Gasteiger partial charge in [0, 0.05) is 25.2 Å². The molecule has 0 radical (unpaired) electrons. The van der Waals surface area contributed by atoms with Crippen LogP contribution in [0.25, 0.3) is 0 Å². The first-order valence-electron chi connectivity index (χ1n) is 6.93. The molecule has 2 rings (SSSR count). The maximum Gasteiger partial charge on any atom is 0.243 e. The number of nitrogens with zero attached hydrogens (tertiary/aromatic N) is 1. The summed E-state index contributed by atoms with van der Waals surface area (Å²) in [7, 11) is -1.94. The zero-order valence-corrected chi connectivity index (χ0v) is 13.3. The normalized spacial score (nSPS) is 24.2. The number of rotatable bonds is 4. The molecule has 2 atom stereocenters. The maximum atomic E-state index is 13.6. The molecule has 0 aromatic heterocycles. The maximum absolute atomic E-state index is 13.6. The zero-order valence-electron chi connectivity index (χ0n) is 12.5. The van der Waals surface area contributed by atoms with E-state index < -0.39 is 15.8 Å². The van der Waals surface area contributed by atoms with Gasteiger partial charge in [0.1, 0.15) is 5.82 Å². The molecule has 5 nitrogen and oxygen atoms in total.